The summed E-state index contributed by atoms with van der Waals surface area (Å²) in [6, 6.07) is 15.8. The van der Waals surface area contributed by atoms with Crippen LogP contribution in [0.1, 0.15) is 23.6 Å². The minimum absolute atomic E-state index is 0.480. The Kier molecular flexibility index (Phi) is 4.76. The van der Waals surface area contributed by atoms with Crippen molar-refractivity contribution in [2.24, 2.45) is 12.2 Å². The Morgan fingerprint density at radius 1 is 1.08 bits per heavy atom. The number of carbonyl (C=O) groups is 1. The molecule has 5 heteroatoms. The molecule has 0 aliphatic rings. The maximum atomic E-state index is 11.3. The predicted octanol–water partition coefficient (Wildman–Crippen LogP) is 4.17. The van der Waals surface area contributed by atoms with Gasteiger partial charge in [-0.2, -0.15) is 0 Å². The molecule has 0 aliphatic heterocycles. The highest BCUT2D eigenvalue weighted by Gasteiger charge is 2.19. The molecule has 0 amide bonds. The first-order valence-electron chi connectivity index (χ1n) is 7.89. The number of aromatic nitrogens is 1. The van der Waals surface area contributed by atoms with Gasteiger partial charge in [-0.3, -0.25) is 0 Å². The molecule has 0 fully saturated rings. The Labute approximate surface area is 151 Å². The van der Waals surface area contributed by atoms with E-state index < -0.39 is 5.97 Å². The van der Waals surface area contributed by atoms with Gasteiger partial charge in [0.1, 0.15) is 5.71 Å². The van der Waals surface area contributed by atoms with Gasteiger partial charge in [0.25, 0.3) is 0 Å². The summed E-state index contributed by atoms with van der Waals surface area (Å²) in [4.78, 5) is 16.7. The number of fused-ring (bicyclic) bond motifs is 1. The number of hydrogen-bond donors (Lipinski definition) is 0. The van der Waals surface area contributed by atoms with E-state index in [0.717, 1.165) is 27.6 Å². The standard InChI is InChI=1S/C20H18N2O2S/c1-13-8-4-5-9-15(13)19(21-24-14(2)23)20(25)17-12-22(3)18-11-7-6-10-16(17)18/h4-12H,1-3H3/b21-19+. The van der Waals surface area contributed by atoms with Crippen LogP contribution in [-0.4, -0.2) is 21.1 Å². The van der Waals surface area contributed by atoms with Gasteiger partial charge in [0, 0.05) is 42.2 Å². The molecule has 0 aliphatic carbocycles. The lowest BCUT2D eigenvalue weighted by Gasteiger charge is -2.10. The van der Waals surface area contributed by atoms with Crippen molar-refractivity contribution in [2.75, 3.05) is 0 Å². The third-order valence-corrected chi connectivity index (χ3v) is 4.44. The summed E-state index contributed by atoms with van der Waals surface area (Å²) >= 11 is 5.74. The van der Waals surface area contributed by atoms with Crippen molar-refractivity contribution in [3.8, 4) is 0 Å². The van der Waals surface area contributed by atoms with E-state index in [4.69, 9.17) is 17.1 Å². The van der Waals surface area contributed by atoms with E-state index >= 15 is 0 Å². The van der Waals surface area contributed by atoms with Crippen molar-refractivity contribution in [3.05, 3.63) is 71.4 Å². The van der Waals surface area contributed by atoms with Crippen LogP contribution in [0.15, 0.2) is 59.9 Å². The van der Waals surface area contributed by atoms with Crippen LogP contribution in [-0.2, 0) is 16.7 Å². The van der Waals surface area contributed by atoms with Crippen molar-refractivity contribution in [3.63, 3.8) is 0 Å². The van der Waals surface area contributed by atoms with Gasteiger partial charge in [-0.1, -0.05) is 59.8 Å². The third-order valence-electron chi connectivity index (χ3n) is 4.02. The fourth-order valence-corrected chi connectivity index (χ4v) is 3.12. The molecule has 4 nitrogen and oxygen atoms in total. The highest BCUT2D eigenvalue weighted by Crippen LogP contribution is 2.23. The molecule has 25 heavy (non-hydrogen) atoms. The molecule has 0 atom stereocenters. The first-order chi connectivity index (χ1) is 12.0. The number of para-hydroxylation sites is 1. The number of nitrogens with zero attached hydrogens (tertiary/aromatic N) is 2. The molecule has 3 aromatic rings. The highest BCUT2D eigenvalue weighted by atomic mass is 32.1. The normalized spacial score (nSPS) is 11.6. The number of rotatable bonds is 4. The topological polar surface area (TPSA) is 43.6 Å². The van der Waals surface area contributed by atoms with Gasteiger partial charge < -0.3 is 9.40 Å². The Balaban J connectivity index is 2.16. The van der Waals surface area contributed by atoms with Crippen molar-refractivity contribution in [1.29, 1.82) is 0 Å². The van der Waals surface area contributed by atoms with Crippen molar-refractivity contribution < 1.29 is 9.63 Å². The highest BCUT2D eigenvalue weighted by molar-refractivity contribution is 7.82. The molecular weight excluding hydrogens is 332 g/mol. The van der Waals surface area contributed by atoms with E-state index in [-0.39, 0.29) is 0 Å². The molecule has 3 rings (SSSR count). The Morgan fingerprint density at radius 3 is 2.48 bits per heavy atom. The largest absolute Gasteiger partial charge is 0.350 e. The third kappa shape index (κ3) is 3.37. The summed E-state index contributed by atoms with van der Waals surface area (Å²) in [7, 11) is 1.98. The van der Waals surface area contributed by atoms with Gasteiger partial charge in [-0.15, -0.1) is 0 Å². The van der Waals surface area contributed by atoms with Crippen LogP contribution in [0.2, 0.25) is 0 Å². The molecule has 0 saturated carbocycles. The minimum atomic E-state index is -0.480. The summed E-state index contributed by atoms with van der Waals surface area (Å²) in [6.07, 6.45) is 1.98. The maximum absolute atomic E-state index is 11.3. The number of benzene rings is 2. The van der Waals surface area contributed by atoms with E-state index in [2.05, 4.69) is 5.16 Å². The van der Waals surface area contributed by atoms with Crippen LogP contribution in [0.25, 0.3) is 10.9 Å². The molecule has 0 spiro atoms. The van der Waals surface area contributed by atoms with Crippen molar-refractivity contribution in [2.45, 2.75) is 13.8 Å². The monoisotopic (exact) mass is 350 g/mol. The van der Waals surface area contributed by atoms with E-state index in [0.29, 0.717) is 10.6 Å². The molecule has 0 N–H and O–H groups in total. The summed E-state index contributed by atoms with van der Waals surface area (Å²) in [5.41, 5.74) is 4.32. The van der Waals surface area contributed by atoms with E-state index in [1.54, 1.807) is 0 Å². The Hall–Kier alpha value is -2.79. The zero-order valence-corrected chi connectivity index (χ0v) is 15.1. The van der Waals surface area contributed by atoms with Gasteiger partial charge in [0.15, 0.2) is 0 Å². The van der Waals surface area contributed by atoms with Gasteiger partial charge in [0.05, 0.1) is 4.86 Å². The van der Waals surface area contributed by atoms with Gasteiger partial charge >= 0.3 is 5.97 Å². The lowest BCUT2D eigenvalue weighted by molar-refractivity contribution is -0.140. The smallest absolute Gasteiger partial charge is 0.332 e. The number of carbonyl (C=O) groups excluding carboxylic acids is 1. The minimum Gasteiger partial charge on any atom is -0.350 e. The van der Waals surface area contributed by atoms with Gasteiger partial charge in [-0.25, -0.2) is 4.79 Å². The molecule has 0 unspecified atom stereocenters. The fraction of sp³-hybridized carbons (Fsp3) is 0.150. The zero-order valence-electron chi connectivity index (χ0n) is 14.3. The zero-order chi connectivity index (χ0) is 18.0. The average Bonchev–Trinajstić information content (AvgIpc) is 2.93. The fourth-order valence-electron chi connectivity index (χ4n) is 2.81. The molecule has 0 saturated heterocycles. The molecular formula is C20H18N2O2S. The molecule has 0 radical (unpaired) electrons. The lowest BCUT2D eigenvalue weighted by atomic mass is 9.98. The van der Waals surface area contributed by atoms with Crippen LogP contribution in [0.5, 0.6) is 0 Å². The number of hydrogen-bond acceptors (Lipinski definition) is 4. The van der Waals surface area contributed by atoms with Gasteiger partial charge in [-0.05, 0) is 18.6 Å². The maximum Gasteiger partial charge on any atom is 0.332 e. The van der Waals surface area contributed by atoms with Crippen molar-refractivity contribution >= 4 is 39.7 Å². The first-order valence-corrected chi connectivity index (χ1v) is 8.30. The molecule has 0 bridgehead atoms. The Morgan fingerprint density at radius 2 is 1.76 bits per heavy atom. The van der Waals surface area contributed by atoms with Crippen LogP contribution in [0.3, 0.4) is 0 Å². The van der Waals surface area contributed by atoms with Crippen molar-refractivity contribution in [1.82, 2.24) is 4.57 Å². The number of aryl methyl sites for hydroxylation is 2. The molecule has 1 heterocycles. The van der Waals surface area contributed by atoms with Gasteiger partial charge in [0.2, 0.25) is 0 Å². The van der Waals surface area contributed by atoms with Crippen LogP contribution >= 0.6 is 12.2 Å². The summed E-state index contributed by atoms with van der Waals surface area (Å²) in [5, 5.41) is 5.10. The van der Waals surface area contributed by atoms with E-state index in [1.807, 2.05) is 73.3 Å². The average molecular weight is 350 g/mol. The summed E-state index contributed by atoms with van der Waals surface area (Å²) < 4.78 is 2.03. The molecule has 1 aromatic heterocycles. The summed E-state index contributed by atoms with van der Waals surface area (Å²) in [6.45, 7) is 3.30. The van der Waals surface area contributed by atoms with E-state index in [9.17, 15) is 4.79 Å². The second-order valence-electron chi connectivity index (χ2n) is 5.84. The lowest BCUT2D eigenvalue weighted by Crippen LogP contribution is -2.17. The van der Waals surface area contributed by atoms with Crippen LogP contribution in [0.4, 0.5) is 0 Å². The SMILES string of the molecule is CC(=O)O/N=C(/C(=S)c1cn(C)c2ccccc12)c1ccccc1C. The second-order valence-corrected chi connectivity index (χ2v) is 6.25. The second kappa shape index (κ2) is 6.99. The quantitative estimate of drug-likeness (QED) is 0.233. The first kappa shape index (κ1) is 17.0. The number of thiocarbonyl (C=S) groups is 1. The molecule has 2 aromatic carbocycles. The number of oxime groups is 1. The molecule has 126 valence electrons. The van der Waals surface area contributed by atoms with Crippen LogP contribution in [0, 0.1) is 6.92 Å². The summed E-state index contributed by atoms with van der Waals surface area (Å²) in [5.74, 6) is -0.480. The Bertz CT molecular complexity index is 1000. The van der Waals surface area contributed by atoms with Crippen LogP contribution < -0.4 is 0 Å². The predicted molar refractivity (Wildman–Crippen MR) is 104 cm³/mol. The van der Waals surface area contributed by atoms with E-state index in [1.165, 1.54) is 6.92 Å².